The molecule has 0 spiro atoms. The summed E-state index contributed by atoms with van der Waals surface area (Å²) < 4.78 is 3.99. The lowest BCUT2D eigenvalue weighted by atomic mass is 10.3. The first-order valence-electron chi connectivity index (χ1n) is 5.84. The monoisotopic (exact) mass is 234 g/mol. The first-order chi connectivity index (χ1) is 8.24. The van der Waals surface area contributed by atoms with Crippen molar-refractivity contribution >= 4 is 5.95 Å². The van der Waals surface area contributed by atoms with E-state index >= 15 is 0 Å². The number of hydrogen-bond acceptors (Lipinski definition) is 4. The van der Waals surface area contributed by atoms with Gasteiger partial charge in [0.05, 0.1) is 6.04 Å². The first kappa shape index (κ1) is 11.6. The van der Waals surface area contributed by atoms with Crippen molar-refractivity contribution in [3.8, 4) is 0 Å². The molecule has 0 aliphatic carbocycles. The van der Waals surface area contributed by atoms with E-state index in [-0.39, 0.29) is 6.04 Å². The molecule has 0 aliphatic heterocycles. The molecule has 0 aromatic carbocycles. The molecule has 0 radical (unpaired) electrons. The van der Waals surface area contributed by atoms with Crippen LogP contribution in [0.2, 0.25) is 0 Å². The van der Waals surface area contributed by atoms with Crippen LogP contribution >= 0.6 is 0 Å². The summed E-state index contributed by atoms with van der Waals surface area (Å²) in [4.78, 5) is 4.31. The summed E-state index contributed by atoms with van der Waals surface area (Å²) in [6.07, 6.45) is 6.54. The lowest BCUT2D eigenvalue weighted by molar-refractivity contribution is 0.577. The van der Waals surface area contributed by atoms with Crippen molar-refractivity contribution in [3.63, 3.8) is 0 Å². The molecule has 1 unspecified atom stereocenters. The van der Waals surface area contributed by atoms with E-state index in [1.54, 1.807) is 12.5 Å². The molecule has 0 amide bonds. The Labute approximate surface area is 101 Å². The van der Waals surface area contributed by atoms with Crippen LogP contribution in [0.1, 0.15) is 32.1 Å². The Morgan fingerprint density at radius 3 is 2.94 bits per heavy atom. The van der Waals surface area contributed by atoms with Gasteiger partial charge in [-0.3, -0.25) is 0 Å². The van der Waals surface area contributed by atoms with Crippen molar-refractivity contribution in [3.05, 3.63) is 24.5 Å². The van der Waals surface area contributed by atoms with Gasteiger partial charge in [-0.1, -0.05) is 6.92 Å². The number of nitrogens with zero attached hydrogens (tertiary/aromatic N) is 5. The lowest BCUT2D eigenvalue weighted by Crippen LogP contribution is -2.15. The van der Waals surface area contributed by atoms with E-state index in [4.69, 9.17) is 0 Å². The van der Waals surface area contributed by atoms with Crippen molar-refractivity contribution in [1.82, 2.24) is 24.3 Å². The van der Waals surface area contributed by atoms with Crippen LogP contribution in [-0.4, -0.2) is 30.9 Å². The number of imidazole rings is 1. The number of aryl methyl sites for hydroxylation is 1. The van der Waals surface area contributed by atoms with Gasteiger partial charge in [0.1, 0.15) is 6.33 Å². The van der Waals surface area contributed by atoms with Crippen molar-refractivity contribution < 1.29 is 0 Å². The van der Waals surface area contributed by atoms with Gasteiger partial charge in [0.2, 0.25) is 5.95 Å². The van der Waals surface area contributed by atoms with Gasteiger partial charge in [0, 0.05) is 26.0 Å². The van der Waals surface area contributed by atoms with Crippen LogP contribution in [0.15, 0.2) is 18.7 Å². The third-order valence-corrected chi connectivity index (χ3v) is 2.74. The van der Waals surface area contributed by atoms with Crippen LogP contribution in [0.4, 0.5) is 5.95 Å². The fraction of sp³-hybridized carbons (Fsp3) is 0.545. The molecular weight excluding hydrogens is 216 g/mol. The standard InChI is InChI=1S/C11H18N6/c1-4-5-12-11-13-6-7-17(11)9(2)10-15-14-8-16(10)3/h6-9H,4-5H2,1-3H3,(H,12,13). The van der Waals surface area contributed by atoms with Gasteiger partial charge in [-0.25, -0.2) is 4.98 Å². The maximum atomic E-state index is 4.31. The Morgan fingerprint density at radius 2 is 2.29 bits per heavy atom. The number of anilines is 1. The maximum absolute atomic E-state index is 4.31. The molecule has 1 atom stereocenters. The summed E-state index contributed by atoms with van der Waals surface area (Å²) in [7, 11) is 1.95. The quantitative estimate of drug-likeness (QED) is 0.850. The number of aromatic nitrogens is 5. The largest absolute Gasteiger partial charge is 0.356 e. The van der Waals surface area contributed by atoms with Crippen LogP contribution in [0.3, 0.4) is 0 Å². The molecule has 0 saturated carbocycles. The SMILES string of the molecule is CCCNc1nccn1C(C)c1nncn1C. The molecule has 0 saturated heterocycles. The zero-order valence-corrected chi connectivity index (χ0v) is 10.5. The Morgan fingerprint density at radius 1 is 1.47 bits per heavy atom. The normalized spacial score (nSPS) is 12.6. The van der Waals surface area contributed by atoms with E-state index < -0.39 is 0 Å². The topological polar surface area (TPSA) is 60.6 Å². The highest BCUT2D eigenvalue weighted by Gasteiger charge is 2.15. The summed E-state index contributed by atoms with van der Waals surface area (Å²) in [5.74, 6) is 1.80. The van der Waals surface area contributed by atoms with Crippen molar-refractivity contribution in [2.24, 2.45) is 7.05 Å². The Kier molecular flexibility index (Phi) is 3.41. The Hall–Kier alpha value is -1.85. The zero-order chi connectivity index (χ0) is 12.3. The van der Waals surface area contributed by atoms with Gasteiger partial charge in [0.15, 0.2) is 5.82 Å². The van der Waals surface area contributed by atoms with Gasteiger partial charge in [-0.15, -0.1) is 10.2 Å². The number of hydrogen-bond donors (Lipinski definition) is 1. The summed E-state index contributed by atoms with van der Waals surface area (Å²) in [6, 6.07) is 0.115. The van der Waals surface area contributed by atoms with E-state index in [1.165, 1.54) is 0 Å². The zero-order valence-electron chi connectivity index (χ0n) is 10.5. The fourth-order valence-corrected chi connectivity index (χ4v) is 1.79. The van der Waals surface area contributed by atoms with Crippen molar-refractivity contribution in [2.75, 3.05) is 11.9 Å². The number of nitrogens with one attached hydrogen (secondary N) is 1. The van der Waals surface area contributed by atoms with E-state index in [2.05, 4.69) is 38.9 Å². The predicted molar refractivity (Wildman–Crippen MR) is 65.8 cm³/mol. The van der Waals surface area contributed by atoms with E-state index in [1.807, 2.05) is 17.8 Å². The number of rotatable bonds is 5. The molecule has 0 bridgehead atoms. The molecule has 2 heterocycles. The summed E-state index contributed by atoms with van der Waals surface area (Å²) >= 11 is 0. The highest BCUT2D eigenvalue weighted by Crippen LogP contribution is 2.19. The van der Waals surface area contributed by atoms with Crippen LogP contribution in [0.5, 0.6) is 0 Å². The van der Waals surface area contributed by atoms with Gasteiger partial charge >= 0.3 is 0 Å². The Bertz CT molecular complexity index is 472. The van der Waals surface area contributed by atoms with Gasteiger partial charge < -0.3 is 14.5 Å². The molecule has 92 valence electrons. The van der Waals surface area contributed by atoms with Crippen LogP contribution in [-0.2, 0) is 7.05 Å². The molecule has 2 aromatic rings. The lowest BCUT2D eigenvalue weighted by Gasteiger charge is -2.15. The highest BCUT2D eigenvalue weighted by molar-refractivity contribution is 5.27. The first-order valence-corrected chi connectivity index (χ1v) is 5.84. The second kappa shape index (κ2) is 4.99. The molecular formula is C11H18N6. The highest BCUT2D eigenvalue weighted by atomic mass is 15.3. The van der Waals surface area contributed by atoms with Gasteiger partial charge in [-0.2, -0.15) is 0 Å². The Balaban J connectivity index is 2.22. The average molecular weight is 234 g/mol. The molecule has 17 heavy (non-hydrogen) atoms. The second-order valence-electron chi connectivity index (χ2n) is 4.06. The fourth-order valence-electron chi connectivity index (χ4n) is 1.79. The minimum absolute atomic E-state index is 0.115. The molecule has 6 heteroatoms. The second-order valence-corrected chi connectivity index (χ2v) is 4.06. The molecule has 1 N–H and O–H groups in total. The molecule has 2 rings (SSSR count). The predicted octanol–water partition coefficient (Wildman–Crippen LogP) is 1.44. The smallest absolute Gasteiger partial charge is 0.203 e. The maximum Gasteiger partial charge on any atom is 0.203 e. The minimum Gasteiger partial charge on any atom is -0.356 e. The molecule has 6 nitrogen and oxygen atoms in total. The summed E-state index contributed by atoms with van der Waals surface area (Å²) in [5.41, 5.74) is 0. The van der Waals surface area contributed by atoms with Crippen LogP contribution < -0.4 is 5.32 Å². The minimum atomic E-state index is 0.115. The average Bonchev–Trinajstić information content (AvgIpc) is 2.94. The van der Waals surface area contributed by atoms with E-state index in [9.17, 15) is 0 Å². The van der Waals surface area contributed by atoms with Crippen molar-refractivity contribution in [2.45, 2.75) is 26.3 Å². The van der Waals surface area contributed by atoms with Gasteiger partial charge in [0.25, 0.3) is 0 Å². The molecule has 0 fully saturated rings. The summed E-state index contributed by atoms with van der Waals surface area (Å²) in [6.45, 7) is 5.14. The van der Waals surface area contributed by atoms with Crippen molar-refractivity contribution in [1.29, 1.82) is 0 Å². The van der Waals surface area contributed by atoms with Crippen LogP contribution in [0.25, 0.3) is 0 Å². The third-order valence-electron chi connectivity index (χ3n) is 2.74. The summed E-state index contributed by atoms with van der Waals surface area (Å²) in [5, 5.41) is 11.3. The molecule has 0 aliphatic rings. The molecule has 2 aromatic heterocycles. The van der Waals surface area contributed by atoms with Crippen LogP contribution in [0, 0.1) is 0 Å². The van der Waals surface area contributed by atoms with Gasteiger partial charge in [-0.05, 0) is 13.3 Å². The van der Waals surface area contributed by atoms with E-state index in [0.717, 1.165) is 24.7 Å². The third kappa shape index (κ3) is 2.30. The van der Waals surface area contributed by atoms with E-state index in [0.29, 0.717) is 0 Å².